The van der Waals surface area contributed by atoms with Crippen molar-refractivity contribution in [3.05, 3.63) is 18.2 Å². The molecular formula is C14H19N3O3. The van der Waals surface area contributed by atoms with E-state index in [1.807, 2.05) is 29.7 Å². The number of aromatic nitrogens is 2. The molecule has 20 heavy (non-hydrogen) atoms. The van der Waals surface area contributed by atoms with Crippen LogP contribution in [0.5, 0.6) is 11.8 Å². The van der Waals surface area contributed by atoms with E-state index in [0.717, 1.165) is 16.8 Å². The molecule has 1 amide bonds. The molecule has 0 unspecified atom stereocenters. The van der Waals surface area contributed by atoms with E-state index < -0.39 is 0 Å². The number of hydrogen-bond acceptors (Lipinski definition) is 4. The SMILES string of the molecule is CCC(=O)NCCn1c(OC)nc2ccc(OC)cc21. The van der Waals surface area contributed by atoms with Crippen LogP contribution in [0.25, 0.3) is 11.0 Å². The van der Waals surface area contributed by atoms with Gasteiger partial charge in [0.2, 0.25) is 5.91 Å². The van der Waals surface area contributed by atoms with Gasteiger partial charge in [0.25, 0.3) is 6.01 Å². The largest absolute Gasteiger partial charge is 0.497 e. The number of rotatable bonds is 6. The number of nitrogens with zero attached hydrogens (tertiary/aromatic N) is 2. The lowest BCUT2D eigenvalue weighted by Crippen LogP contribution is -2.26. The third-order valence-corrected chi connectivity index (χ3v) is 3.08. The summed E-state index contributed by atoms with van der Waals surface area (Å²) in [6.07, 6.45) is 0.482. The summed E-state index contributed by atoms with van der Waals surface area (Å²) in [5, 5.41) is 2.84. The van der Waals surface area contributed by atoms with E-state index in [2.05, 4.69) is 10.3 Å². The maximum absolute atomic E-state index is 11.3. The molecule has 1 aromatic heterocycles. The summed E-state index contributed by atoms with van der Waals surface area (Å²) in [6.45, 7) is 2.96. The Hall–Kier alpha value is -2.24. The van der Waals surface area contributed by atoms with Crippen molar-refractivity contribution in [1.29, 1.82) is 0 Å². The van der Waals surface area contributed by atoms with Gasteiger partial charge in [-0.3, -0.25) is 9.36 Å². The lowest BCUT2D eigenvalue weighted by Gasteiger charge is -2.09. The third kappa shape index (κ3) is 2.84. The fourth-order valence-electron chi connectivity index (χ4n) is 2.01. The van der Waals surface area contributed by atoms with Crippen molar-refractivity contribution in [3.8, 4) is 11.8 Å². The summed E-state index contributed by atoms with van der Waals surface area (Å²) < 4.78 is 12.4. The summed E-state index contributed by atoms with van der Waals surface area (Å²) in [4.78, 5) is 15.7. The molecule has 2 aromatic rings. The first-order valence-electron chi connectivity index (χ1n) is 6.54. The molecular weight excluding hydrogens is 258 g/mol. The third-order valence-electron chi connectivity index (χ3n) is 3.08. The highest BCUT2D eigenvalue weighted by atomic mass is 16.5. The fraction of sp³-hybridized carbons (Fsp3) is 0.429. The summed E-state index contributed by atoms with van der Waals surface area (Å²) in [7, 11) is 3.21. The first-order chi connectivity index (χ1) is 9.69. The van der Waals surface area contributed by atoms with Crippen LogP contribution < -0.4 is 14.8 Å². The number of nitrogens with one attached hydrogen (secondary N) is 1. The molecule has 0 saturated heterocycles. The van der Waals surface area contributed by atoms with Gasteiger partial charge in [0.15, 0.2) is 0 Å². The zero-order chi connectivity index (χ0) is 14.5. The maximum atomic E-state index is 11.3. The molecule has 0 bridgehead atoms. The second-order valence-electron chi connectivity index (χ2n) is 4.31. The lowest BCUT2D eigenvalue weighted by atomic mass is 10.3. The smallest absolute Gasteiger partial charge is 0.297 e. The minimum Gasteiger partial charge on any atom is -0.497 e. The molecule has 1 N–H and O–H groups in total. The topological polar surface area (TPSA) is 65.4 Å². The van der Waals surface area contributed by atoms with Gasteiger partial charge >= 0.3 is 0 Å². The van der Waals surface area contributed by atoms with E-state index in [0.29, 0.717) is 25.5 Å². The second kappa shape index (κ2) is 6.27. The summed E-state index contributed by atoms with van der Waals surface area (Å²) in [6, 6.07) is 6.18. The van der Waals surface area contributed by atoms with E-state index in [1.54, 1.807) is 14.2 Å². The highest BCUT2D eigenvalue weighted by Crippen LogP contribution is 2.25. The Kier molecular flexibility index (Phi) is 4.45. The number of fused-ring (bicyclic) bond motifs is 1. The van der Waals surface area contributed by atoms with E-state index in [4.69, 9.17) is 9.47 Å². The van der Waals surface area contributed by atoms with E-state index in [-0.39, 0.29) is 5.91 Å². The molecule has 6 heteroatoms. The van der Waals surface area contributed by atoms with Gasteiger partial charge in [-0.05, 0) is 12.1 Å². The number of hydrogen-bond donors (Lipinski definition) is 1. The van der Waals surface area contributed by atoms with Gasteiger partial charge < -0.3 is 14.8 Å². The minimum atomic E-state index is 0.0333. The van der Waals surface area contributed by atoms with E-state index >= 15 is 0 Å². The molecule has 1 aromatic carbocycles. The van der Waals surface area contributed by atoms with Gasteiger partial charge in [-0.1, -0.05) is 6.92 Å². The maximum Gasteiger partial charge on any atom is 0.297 e. The standard InChI is InChI=1S/C14H19N3O3/c1-4-13(18)15-7-8-17-12-9-10(19-2)5-6-11(12)16-14(17)20-3/h5-6,9H,4,7-8H2,1-3H3,(H,15,18). The molecule has 6 nitrogen and oxygen atoms in total. The Labute approximate surface area is 117 Å². The van der Waals surface area contributed by atoms with Crippen molar-refractivity contribution >= 4 is 16.9 Å². The zero-order valence-electron chi connectivity index (χ0n) is 12.0. The normalized spacial score (nSPS) is 10.6. The number of imidazole rings is 1. The number of ether oxygens (including phenoxy) is 2. The van der Waals surface area contributed by atoms with Gasteiger partial charge in [-0.25, -0.2) is 0 Å². The van der Waals surface area contributed by atoms with Crippen LogP contribution in [-0.4, -0.2) is 36.2 Å². The quantitative estimate of drug-likeness (QED) is 0.870. The van der Waals surface area contributed by atoms with E-state index in [1.165, 1.54) is 0 Å². The van der Waals surface area contributed by atoms with Gasteiger partial charge in [0.1, 0.15) is 5.75 Å². The Balaban J connectivity index is 2.26. The molecule has 1 heterocycles. The first-order valence-corrected chi connectivity index (χ1v) is 6.54. The van der Waals surface area contributed by atoms with Crippen molar-refractivity contribution in [2.24, 2.45) is 0 Å². The average molecular weight is 277 g/mol. The predicted molar refractivity (Wildman–Crippen MR) is 76.1 cm³/mol. The summed E-state index contributed by atoms with van der Waals surface area (Å²) in [5.41, 5.74) is 1.76. The molecule has 2 rings (SSSR count). The zero-order valence-corrected chi connectivity index (χ0v) is 12.0. The molecule has 0 fully saturated rings. The van der Waals surface area contributed by atoms with Gasteiger partial charge in [-0.15, -0.1) is 0 Å². The van der Waals surface area contributed by atoms with Crippen molar-refractivity contribution in [1.82, 2.24) is 14.9 Å². The highest BCUT2D eigenvalue weighted by molar-refractivity contribution is 5.78. The number of methoxy groups -OCH3 is 2. The van der Waals surface area contributed by atoms with Gasteiger partial charge in [-0.2, -0.15) is 4.98 Å². The van der Waals surface area contributed by atoms with Crippen LogP contribution in [-0.2, 0) is 11.3 Å². The van der Waals surface area contributed by atoms with Crippen LogP contribution in [0.15, 0.2) is 18.2 Å². The Morgan fingerprint density at radius 3 is 2.80 bits per heavy atom. The van der Waals surface area contributed by atoms with Crippen LogP contribution in [0, 0.1) is 0 Å². The average Bonchev–Trinajstić information content (AvgIpc) is 2.84. The van der Waals surface area contributed by atoms with Crippen LogP contribution in [0.1, 0.15) is 13.3 Å². The van der Waals surface area contributed by atoms with Crippen molar-refractivity contribution in [2.75, 3.05) is 20.8 Å². The molecule has 0 spiro atoms. The second-order valence-corrected chi connectivity index (χ2v) is 4.31. The molecule has 0 saturated carbocycles. The number of carbonyl (C=O) groups is 1. The Morgan fingerprint density at radius 1 is 1.35 bits per heavy atom. The molecule has 0 aliphatic heterocycles. The van der Waals surface area contributed by atoms with Gasteiger partial charge in [0, 0.05) is 25.6 Å². The fourth-order valence-corrected chi connectivity index (χ4v) is 2.01. The Bertz CT molecular complexity index is 607. The molecule has 108 valence electrons. The van der Waals surface area contributed by atoms with Gasteiger partial charge in [0.05, 0.1) is 25.3 Å². The minimum absolute atomic E-state index is 0.0333. The predicted octanol–water partition coefficient (Wildman–Crippen LogP) is 1.58. The van der Waals surface area contributed by atoms with Crippen molar-refractivity contribution in [2.45, 2.75) is 19.9 Å². The highest BCUT2D eigenvalue weighted by Gasteiger charge is 2.12. The lowest BCUT2D eigenvalue weighted by molar-refractivity contribution is -0.120. The van der Waals surface area contributed by atoms with Crippen molar-refractivity contribution in [3.63, 3.8) is 0 Å². The van der Waals surface area contributed by atoms with E-state index in [9.17, 15) is 4.79 Å². The molecule has 0 aliphatic carbocycles. The molecule has 0 atom stereocenters. The Morgan fingerprint density at radius 2 is 2.15 bits per heavy atom. The van der Waals surface area contributed by atoms with Crippen LogP contribution in [0.2, 0.25) is 0 Å². The monoisotopic (exact) mass is 277 g/mol. The van der Waals surface area contributed by atoms with Crippen LogP contribution in [0.4, 0.5) is 0 Å². The number of carbonyl (C=O) groups excluding carboxylic acids is 1. The molecule has 0 aliphatic rings. The van der Waals surface area contributed by atoms with Crippen molar-refractivity contribution < 1.29 is 14.3 Å². The summed E-state index contributed by atoms with van der Waals surface area (Å²) >= 11 is 0. The summed E-state index contributed by atoms with van der Waals surface area (Å²) in [5.74, 6) is 0.796. The van der Waals surface area contributed by atoms with Crippen LogP contribution >= 0.6 is 0 Å². The molecule has 0 radical (unpaired) electrons. The van der Waals surface area contributed by atoms with Crippen LogP contribution in [0.3, 0.4) is 0 Å². The number of benzene rings is 1. The number of amides is 1. The first kappa shape index (κ1) is 14.2.